The number of anilines is 1. The van der Waals surface area contributed by atoms with Crippen molar-refractivity contribution in [2.45, 2.75) is 13.5 Å². The second kappa shape index (κ2) is 4.43. The Hall–Kier alpha value is -2.28. The van der Waals surface area contributed by atoms with Crippen molar-refractivity contribution in [2.75, 3.05) is 5.73 Å². The SMILES string of the molecule is Cc1cnc(=O)n(Cc2nc(N)c3ccsc3n2)c1. The molecule has 2 N–H and O–H groups in total. The van der Waals surface area contributed by atoms with Gasteiger partial charge < -0.3 is 5.73 Å². The van der Waals surface area contributed by atoms with E-state index in [1.54, 1.807) is 6.20 Å². The van der Waals surface area contributed by atoms with Crippen LogP contribution in [0.2, 0.25) is 0 Å². The van der Waals surface area contributed by atoms with Crippen molar-refractivity contribution in [2.24, 2.45) is 0 Å². The number of nitrogens with zero attached hydrogens (tertiary/aromatic N) is 4. The highest BCUT2D eigenvalue weighted by Gasteiger charge is 2.08. The van der Waals surface area contributed by atoms with Crippen molar-refractivity contribution in [1.82, 2.24) is 19.5 Å². The number of aromatic nitrogens is 4. The summed E-state index contributed by atoms with van der Waals surface area (Å²) in [6.45, 7) is 2.15. The molecule has 19 heavy (non-hydrogen) atoms. The summed E-state index contributed by atoms with van der Waals surface area (Å²) in [6, 6.07) is 1.89. The maximum atomic E-state index is 11.6. The number of fused-ring (bicyclic) bond motifs is 1. The van der Waals surface area contributed by atoms with Crippen LogP contribution in [0.1, 0.15) is 11.4 Å². The third-order valence-electron chi connectivity index (χ3n) is 2.70. The quantitative estimate of drug-likeness (QED) is 0.757. The van der Waals surface area contributed by atoms with Gasteiger partial charge in [-0.05, 0) is 23.9 Å². The number of thiophene rings is 1. The molecule has 3 aromatic rings. The van der Waals surface area contributed by atoms with E-state index in [2.05, 4.69) is 15.0 Å². The fourth-order valence-corrected chi connectivity index (χ4v) is 2.62. The van der Waals surface area contributed by atoms with Crippen LogP contribution in [0.25, 0.3) is 10.2 Å². The van der Waals surface area contributed by atoms with E-state index in [1.165, 1.54) is 22.1 Å². The first-order valence-electron chi connectivity index (χ1n) is 5.66. The Morgan fingerprint density at radius 3 is 3.11 bits per heavy atom. The van der Waals surface area contributed by atoms with Crippen molar-refractivity contribution < 1.29 is 0 Å². The van der Waals surface area contributed by atoms with E-state index in [0.717, 1.165) is 15.8 Å². The van der Waals surface area contributed by atoms with E-state index in [4.69, 9.17) is 5.73 Å². The van der Waals surface area contributed by atoms with Gasteiger partial charge in [-0.15, -0.1) is 11.3 Å². The lowest BCUT2D eigenvalue weighted by Gasteiger charge is -2.05. The standard InChI is InChI=1S/C12H11N5OS/c1-7-4-14-12(18)17(5-7)6-9-15-10(13)8-2-3-19-11(8)16-9/h2-5H,6H2,1H3,(H2,13,15,16). The lowest BCUT2D eigenvalue weighted by atomic mass is 10.3. The molecule has 7 heteroatoms. The Morgan fingerprint density at radius 1 is 1.42 bits per heavy atom. The Labute approximate surface area is 112 Å². The minimum atomic E-state index is -0.320. The molecule has 3 rings (SSSR count). The Bertz CT molecular complexity index is 807. The molecule has 0 atom stereocenters. The first-order chi connectivity index (χ1) is 9.13. The molecule has 0 fully saturated rings. The van der Waals surface area contributed by atoms with Gasteiger partial charge in [-0.1, -0.05) is 0 Å². The third kappa shape index (κ3) is 2.19. The second-order valence-electron chi connectivity index (χ2n) is 4.21. The van der Waals surface area contributed by atoms with Gasteiger partial charge in [0.15, 0.2) is 5.82 Å². The number of aryl methyl sites for hydroxylation is 1. The molecule has 0 amide bonds. The fourth-order valence-electron chi connectivity index (χ4n) is 1.83. The van der Waals surface area contributed by atoms with Gasteiger partial charge in [-0.2, -0.15) is 0 Å². The summed E-state index contributed by atoms with van der Waals surface area (Å²) in [5.41, 5.74) is 6.46. The lowest BCUT2D eigenvalue weighted by molar-refractivity contribution is 0.690. The van der Waals surface area contributed by atoms with Crippen molar-refractivity contribution in [3.63, 3.8) is 0 Å². The predicted molar refractivity (Wildman–Crippen MR) is 74.2 cm³/mol. The molecule has 0 radical (unpaired) electrons. The molecule has 0 aliphatic heterocycles. The molecule has 3 aromatic heterocycles. The van der Waals surface area contributed by atoms with Gasteiger partial charge in [-0.25, -0.2) is 19.7 Å². The van der Waals surface area contributed by atoms with E-state index in [9.17, 15) is 4.79 Å². The number of rotatable bonds is 2. The van der Waals surface area contributed by atoms with Crippen LogP contribution in [0.4, 0.5) is 5.82 Å². The monoisotopic (exact) mass is 273 g/mol. The molecule has 0 spiro atoms. The van der Waals surface area contributed by atoms with Gasteiger partial charge in [0.2, 0.25) is 0 Å². The summed E-state index contributed by atoms with van der Waals surface area (Å²) in [6.07, 6.45) is 3.27. The van der Waals surface area contributed by atoms with Gasteiger partial charge in [-0.3, -0.25) is 4.57 Å². The highest BCUT2D eigenvalue weighted by molar-refractivity contribution is 7.16. The Balaban J connectivity index is 2.05. The molecule has 0 unspecified atom stereocenters. The van der Waals surface area contributed by atoms with Gasteiger partial charge in [0.1, 0.15) is 10.6 Å². The molecule has 96 valence electrons. The molecule has 0 saturated heterocycles. The van der Waals surface area contributed by atoms with Gasteiger partial charge in [0.05, 0.1) is 11.9 Å². The van der Waals surface area contributed by atoms with Crippen LogP contribution in [-0.2, 0) is 6.54 Å². The summed E-state index contributed by atoms with van der Waals surface area (Å²) in [4.78, 5) is 24.9. The van der Waals surface area contributed by atoms with Gasteiger partial charge >= 0.3 is 5.69 Å². The predicted octanol–water partition coefficient (Wildman–Crippen LogP) is 1.19. The zero-order valence-electron chi connectivity index (χ0n) is 10.2. The molecular weight excluding hydrogens is 262 g/mol. The van der Waals surface area contributed by atoms with Crippen LogP contribution in [0.5, 0.6) is 0 Å². The molecule has 0 aliphatic carbocycles. The molecule has 3 heterocycles. The summed E-state index contributed by atoms with van der Waals surface area (Å²) in [7, 11) is 0. The molecule has 0 bridgehead atoms. The van der Waals surface area contributed by atoms with Crippen LogP contribution < -0.4 is 11.4 Å². The normalized spacial score (nSPS) is 11.0. The zero-order chi connectivity index (χ0) is 13.4. The summed E-state index contributed by atoms with van der Waals surface area (Å²) < 4.78 is 1.48. The fraction of sp³-hybridized carbons (Fsp3) is 0.167. The van der Waals surface area contributed by atoms with E-state index in [1.807, 2.05) is 18.4 Å². The van der Waals surface area contributed by atoms with Crippen LogP contribution in [0.15, 0.2) is 28.6 Å². The van der Waals surface area contributed by atoms with Gasteiger partial charge in [0, 0.05) is 12.4 Å². The van der Waals surface area contributed by atoms with Crippen LogP contribution in [-0.4, -0.2) is 19.5 Å². The van der Waals surface area contributed by atoms with E-state index in [-0.39, 0.29) is 12.2 Å². The Kier molecular flexibility index (Phi) is 2.75. The first kappa shape index (κ1) is 11.8. The highest BCUT2D eigenvalue weighted by atomic mass is 32.1. The van der Waals surface area contributed by atoms with E-state index in [0.29, 0.717) is 11.6 Å². The summed E-state index contributed by atoms with van der Waals surface area (Å²) in [5.74, 6) is 0.955. The van der Waals surface area contributed by atoms with Gasteiger partial charge in [0.25, 0.3) is 0 Å². The zero-order valence-corrected chi connectivity index (χ0v) is 11.0. The number of hydrogen-bond donors (Lipinski definition) is 1. The number of nitrogens with two attached hydrogens (primary N) is 1. The van der Waals surface area contributed by atoms with Crippen molar-refractivity contribution >= 4 is 27.4 Å². The average Bonchev–Trinajstić information content (AvgIpc) is 2.82. The second-order valence-corrected chi connectivity index (χ2v) is 5.10. The minimum Gasteiger partial charge on any atom is -0.383 e. The molecule has 0 aromatic carbocycles. The molecule has 6 nitrogen and oxygen atoms in total. The average molecular weight is 273 g/mol. The topological polar surface area (TPSA) is 86.7 Å². The highest BCUT2D eigenvalue weighted by Crippen LogP contribution is 2.22. The van der Waals surface area contributed by atoms with Crippen LogP contribution in [0.3, 0.4) is 0 Å². The molecular formula is C12H11N5OS. The first-order valence-corrected chi connectivity index (χ1v) is 6.54. The van der Waals surface area contributed by atoms with E-state index >= 15 is 0 Å². The van der Waals surface area contributed by atoms with E-state index < -0.39 is 0 Å². The van der Waals surface area contributed by atoms with Crippen LogP contribution in [0, 0.1) is 6.92 Å². The Morgan fingerprint density at radius 2 is 2.26 bits per heavy atom. The smallest absolute Gasteiger partial charge is 0.347 e. The molecule has 0 aliphatic rings. The van der Waals surface area contributed by atoms with Crippen molar-refractivity contribution in [1.29, 1.82) is 0 Å². The largest absolute Gasteiger partial charge is 0.383 e. The molecule has 0 saturated carbocycles. The number of nitrogen functional groups attached to an aromatic ring is 1. The summed E-state index contributed by atoms with van der Waals surface area (Å²) >= 11 is 1.50. The third-order valence-corrected chi connectivity index (χ3v) is 3.50. The minimum absolute atomic E-state index is 0.269. The van der Waals surface area contributed by atoms with Crippen LogP contribution >= 0.6 is 11.3 Å². The van der Waals surface area contributed by atoms with Crippen molar-refractivity contribution in [3.05, 3.63) is 45.7 Å². The lowest BCUT2D eigenvalue weighted by Crippen LogP contribution is -2.23. The number of hydrogen-bond acceptors (Lipinski definition) is 6. The summed E-state index contributed by atoms with van der Waals surface area (Å²) in [5, 5.41) is 2.77. The van der Waals surface area contributed by atoms with Crippen molar-refractivity contribution in [3.8, 4) is 0 Å². The maximum absolute atomic E-state index is 11.6. The maximum Gasteiger partial charge on any atom is 0.347 e.